The third kappa shape index (κ3) is 6.70. The van der Waals surface area contributed by atoms with Gasteiger partial charge in [-0.15, -0.1) is 0 Å². The van der Waals surface area contributed by atoms with Crippen LogP contribution in [-0.2, 0) is 6.42 Å². The summed E-state index contributed by atoms with van der Waals surface area (Å²) < 4.78 is 0. The van der Waals surface area contributed by atoms with Crippen molar-refractivity contribution in [1.82, 2.24) is 0 Å². The van der Waals surface area contributed by atoms with Gasteiger partial charge in [-0.05, 0) is 24.5 Å². The van der Waals surface area contributed by atoms with E-state index in [0.717, 1.165) is 12.0 Å². The fourth-order valence-corrected chi connectivity index (χ4v) is 1.68. The molecule has 0 atom stereocenters. The minimum absolute atomic E-state index is 0.137. The van der Waals surface area contributed by atoms with Crippen LogP contribution in [0.1, 0.15) is 44.4 Å². The van der Waals surface area contributed by atoms with Crippen LogP contribution in [-0.4, -0.2) is 4.92 Å². The third-order valence-corrected chi connectivity index (χ3v) is 2.68. The van der Waals surface area contributed by atoms with E-state index >= 15 is 0 Å². The average molecular weight is 287 g/mol. The first-order chi connectivity index (χ1) is 10.1. The lowest BCUT2D eigenvalue weighted by Crippen LogP contribution is -1.91. The van der Waals surface area contributed by atoms with Gasteiger partial charge in [0, 0.05) is 12.1 Å². The first kappa shape index (κ1) is 18.8. The quantitative estimate of drug-likeness (QED) is 0.549. The molecule has 0 fully saturated rings. The molecule has 2 rings (SSSR count). The molecule has 0 radical (unpaired) electrons. The lowest BCUT2D eigenvalue weighted by Gasteiger charge is -2.02. The molecular formula is C18H25NO2. The van der Waals surface area contributed by atoms with Crippen molar-refractivity contribution in [2.75, 3.05) is 0 Å². The molecule has 0 bridgehead atoms. The van der Waals surface area contributed by atoms with E-state index in [4.69, 9.17) is 0 Å². The zero-order valence-electron chi connectivity index (χ0n) is 13.6. The summed E-state index contributed by atoms with van der Waals surface area (Å²) in [5, 5.41) is 10.5. The molecule has 0 saturated heterocycles. The highest BCUT2D eigenvalue weighted by molar-refractivity contribution is 5.35. The van der Waals surface area contributed by atoms with Gasteiger partial charge in [-0.2, -0.15) is 0 Å². The van der Waals surface area contributed by atoms with Gasteiger partial charge < -0.3 is 0 Å². The monoisotopic (exact) mass is 287 g/mol. The second kappa shape index (κ2) is 10.6. The van der Waals surface area contributed by atoms with E-state index in [9.17, 15) is 10.1 Å². The Morgan fingerprint density at radius 2 is 1.19 bits per heavy atom. The molecule has 0 aliphatic heterocycles. The maximum atomic E-state index is 10.5. The topological polar surface area (TPSA) is 43.1 Å². The lowest BCUT2D eigenvalue weighted by molar-refractivity contribution is -0.384. The van der Waals surface area contributed by atoms with Crippen molar-refractivity contribution < 1.29 is 4.92 Å². The molecule has 0 heterocycles. The number of nitrogens with zero attached hydrogens (tertiary/aromatic N) is 1. The Hall–Kier alpha value is -2.16. The van der Waals surface area contributed by atoms with Crippen LogP contribution in [0, 0.1) is 17.0 Å². The molecule has 0 saturated carbocycles. The molecule has 0 aliphatic rings. The minimum atomic E-state index is -0.379. The summed E-state index contributed by atoms with van der Waals surface area (Å²) >= 11 is 0. The zero-order chi connectivity index (χ0) is 16.3. The van der Waals surface area contributed by atoms with Crippen molar-refractivity contribution in [3.8, 4) is 0 Å². The summed E-state index contributed by atoms with van der Waals surface area (Å²) in [4.78, 5) is 10.1. The molecule has 0 aromatic heterocycles. The van der Waals surface area contributed by atoms with Gasteiger partial charge in [0.15, 0.2) is 0 Å². The van der Waals surface area contributed by atoms with E-state index in [1.54, 1.807) is 24.3 Å². The van der Waals surface area contributed by atoms with Crippen LogP contribution in [0.4, 0.5) is 5.69 Å². The number of nitro groups is 1. The number of benzene rings is 2. The summed E-state index contributed by atoms with van der Waals surface area (Å²) in [7, 11) is 0. The number of nitro benzene ring substituents is 1. The highest BCUT2D eigenvalue weighted by atomic mass is 16.6. The third-order valence-electron chi connectivity index (χ3n) is 2.68. The summed E-state index contributed by atoms with van der Waals surface area (Å²) in [5.74, 6) is 0. The highest BCUT2D eigenvalue weighted by Crippen LogP contribution is 2.15. The molecule has 114 valence electrons. The molecule has 0 aliphatic carbocycles. The van der Waals surface area contributed by atoms with Crippen LogP contribution in [0.25, 0.3) is 0 Å². The van der Waals surface area contributed by atoms with Crippen LogP contribution in [0.3, 0.4) is 0 Å². The Labute approximate surface area is 127 Å². The Kier molecular flexibility index (Phi) is 9.52. The van der Waals surface area contributed by atoms with E-state index in [1.165, 1.54) is 11.1 Å². The summed E-state index contributed by atoms with van der Waals surface area (Å²) in [6.45, 7) is 10.1. The van der Waals surface area contributed by atoms with E-state index in [1.807, 2.05) is 27.7 Å². The first-order valence-electron chi connectivity index (χ1n) is 7.44. The Balaban J connectivity index is 0.000000921. The van der Waals surface area contributed by atoms with E-state index in [-0.39, 0.29) is 10.6 Å². The molecule has 0 unspecified atom stereocenters. The normalized spacial score (nSPS) is 8.81. The Morgan fingerprint density at radius 1 is 0.810 bits per heavy atom. The lowest BCUT2D eigenvalue weighted by atomic mass is 10.0. The number of non-ortho nitro benzene ring substituents is 1. The van der Waals surface area contributed by atoms with Crippen molar-refractivity contribution in [3.63, 3.8) is 0 Å². The van der Waals surface area contributed by atoms with Gasteiger partial charge in [0.05, 0.1) is 4.92 Å². The Morgan fingerprint density at radius 3 is 1.57 bits per heavy atom. The van der Waals surface area contributed by atoms with Crippen LogP contribution < -0.4 is 0 Å². The SMILES string of the molecule is CC.CC.Cc1ccc(Cc2ccc([N+](=O)[O-])cc2)cc1. The number of hydrogen-bond donors (Lipinski definition) is 0. The van der Waals surface area contributed by atoms with Crippen molar-refractivity contribution in [2.24, 2.45) is 0 Å². The summed E-state index contributed by atoms with van der Waals surface area (Å²) in [6, 6.07) is 15.0. The van der Waals surface area contributed by atoms with Gasteiger partial charge in [-0.1, -0.05) is 69.7 Å². The second-order valence-electron chi connectivity index (χ2n) is 4.09. The van der Waals surface area contributed by atoms with E-state index < -0.39 is 0 Å². The predicted octanol–water partition coefficient (Wildman–Crippen LogP) is 5.55. The van der Waals surface area contributed by atoms with E-state index in [0.29, 0.717) is 0 Å². The van der Waals surface area contributed by atoms with Gasteiger partial charge in [-0.25, -0.2) is 0 Å². The van der Waals surface area contributed by atoms with Crippen molar-refractivity contribution in [1.29, 1.82) is 0 Å². The second-order valence-corrected chi connectivity index (χ2v) is 4.09. The van der Waals surface area contributed by atoms with Gasteiger partial charge in [0.2, 0.25) is 0 Å². The minimum Gasteiger partial charge on any atom is -0.258 e. The largest absolute Gasteiger partial charge is 0.269 e. The molecular weight excluding hydrogens is 262 g/mol. The first-order valence-corrected chi connectivity index (χ1v) is 7.44. The van der Waals surface area contributed by atoms with Gasteiger partial charge >= 0.3 is 0 Å². The van der Waals surface area contributed by atoms with Crippen molar-refractivity contribution >= 4 is 5.69 Å². The number of rotatable bonds is 3. The number of hydrogen-bond acceptors (Lipinski definition) is 2. The van der Waals surface area contributed by atoms with Crippen LogP contribution in [0.2, 0.25) is 0 Å². The van der Waals surface area contributed by atoms with Crippen LogP contribution in [0.5, 0.6) is 0 Å². The molecule has 0 N–H and O–H groups in total. The summed E-state index contributed by atoms with van der Waals surface area (Å²) in [5.41, 5.74) is 3.67. The zero-order valence-corrected chi connectivity index (χ0v) is 13.6. The molecule has 0 spiro atoms. The summed E-state index contributed by atoms with van der Waals surface area (Å²) in [6.07, 6.45) is 0.804. The smallest absolute Gasteiger partial charge is 0.258 e. The van der Waals surface area contributed by atoms with Crippen LogP contribution in [0.15, 0.2) is 48.5 Å². The Bertz CT molecular complexity index is 516. The molecule has 3 heteroatoms. The predicted molar refractivity (Wildman–Crippen MR) is 89.8 cm³/mol. The fourth-order valence-electron chi connectivity index (χ4n) is 1.68. The van der Waals surface area contributed by atoms with Crippen LogP contribution >= 0.6 is 0 Å². The van der Waals surface area contributed by atoms with Gasteiger partial charge in [0.25, 0.3) is 5.69 Å². The highest BCUT2D eigenvalue weighted by Gasteiger charge is 2.04. The molecule has 0 amide bonds. The number of aryl methyl sites for hydroxylation is 1. The molecule has 2 aromatic carbocycles. The van der Waals surface area contributed by atoms with E-state index in [2.05, 4.69) is 31.2 Å². The van der Waals surface area contributed by atoms with Gasteiger partial charge in [0.1, 0.15) is 0 Å². The maximum Gasteiger partial charge on any atom is 0.269 e. The standard InChI is InChI=1S/C14H13NO2.2C2H6/c1-11-2-4-12(5-3-11)10-13-6-8-14(9-7-13)15(16)17;2*1-2/h2-9H,10H2,1H3;2*1-2H3. The fraction of sp³-hybridized carbons (Fsp3) is 0.333. The van der Waals surface area contributed by atoms with Gasteiger partial charge in [-0.3, -0.25) is 10.1 Å². The maximum absolute atomic E-state index is 10.5. The van der Waals surface area contributed by atoms with Crippen molar-refractivity contribution in [2.45, 2.75) is 41.0 Å². The molecule has 21 heavy (non-hydrogen) atoms. The molecule has 3 nitrogen and oxygen atoms in total. The average Bonchev–Trinajstić information content (AvgIpc) is 2.54. The molecule has 2 aromatic rings. The van der Waals surface area contributed by atoms with Crippen molar-refractivity contribution in [3.05, 3.63) is 75.3 Å².